The molecule has 0 saturated carbocycles. The molecule has 6 nitrogen and oxygen atoms in total. The van der Waals surface area contributed by atoms with Gasteiger partial charge >= 0.3 is 17.9 Å². The highest BCUT2D eigenvalue weighted by Gasteiger charge is 2.19. The molecule has 0 aromatic heterocycles. The van der Waals surface area contributed by atoms with Crippen molar-refractivity contribution in [1.29, 1.82) is 0 Å². The van der Waals surface area contributed by atoms with E-state index in [0.717, 1.165) is 128 Å². The van der Waals surface area contributed by atoms with Crippen LogP contribution >= 0.6 is 0 Å². The molecule has 0 unspecified atom stereocenters. The molecular weight excluding hydrogens is 925 g/mol. The number of hydrogen-bond donors (Lipinski definition) is 0. The molecule has 0 aliphatic rings. The summed E-state index contributed by atoms with van der Waals surface area (Å²) in [5.41, 5.74) is 0. The van der Waals surface area contributed by atoms with E-state index in [1.807, 2.05) is 0 Å². The molecule has 0 N–H and O–H groups in total. The Kier molecular flexibility index (Phi) is 58.4. The number of hydrogen-bond acceptors (Lipinski definition) is 6. The second-order valence-electron chi connectivity index (χ2n) is 19.8. The Balaban J connectivity index is 4.53. The van der Waals surface area contributed by atoms with Crippen LogP contribution in [0.4, 0.5) is 0 Å². The Morgan fingerprint density at radius 1 is 0.280 bits per heavy atom. The molecule has 0 heterocycles. The number of esters is 3. The zero-order chi connectivity index (χ0) is 54.3. The van der Waals surface area contributed by atoms with Gasteiger partial charge in [-0.3, -0.25) is 14.4 Å². The smallest absolute Gasteiger partial charge is 0.306 e. The van der Waals surface area contributed by atoms with Crippen molar-refractivity contribution in [2.75, 3.05) is 13.2 Å². The van der Waals surface area contributed by atoms with E-state index in [9.17, 15) is 14.4 Å². The van der Waals surface area contributed by atoms with E-state index in [-0.39, 0.29) is 37.5 Å². The highest BCUT2D eigenvalue weighted by Crippen LogP contribution is 2.14. The van der Waals surface area contributed by atoms with Gasteiger partial charge in [0.05, 0.1) is 0 Å². The third kappa shape index (κ3) is 60.3. The number of unbranched alkanes of at least 4 members (excludes halogenated alkanes) is 21. The maximum absolute atomic E-state index is 12.9. The molecule has 0 amide bonds. The molecule has 6 heteroatoms. The normalized spacial score (nSPS) is 13.1. The number of ether oxygens (including phenoxy) is 3. The van der Waals surface area contributed by atoms with Crippen molar-refractivity contribution < 1.29 is 28.6 Å². The predicted octanol–water partition coefficient (Wildman–Crippen LogP) is 21.0. The molecule has 0 aliphatic heterocycles. The summed E-state index contributed by atoms with van der Waals surface area (Å²) in [6.07, 6.45) is 87.3. The molecule has 0 rings (SSSR count). The molecule has 0 aromatic carbocycles. The van der Waals surface area contributed by atoms with Crippen molar-refractivity contribution in [3.63, 3.8) is 0 Å². The van der Waals surface area contributed by atoms with Gasteiger partial charge in [-0.25, -0.2) is 0 Å². The minimum absolute atomic E-state index is 0.107. The molecule has 1 atom stereocenters. The molecule has 0 fully saturated rings. The minimum Gasteiger partial charge on any atom is -0.462 e. The summed E-state index contributed by atoms with van der Waals surface area (Å²) < 4.78 is 16.9. The molecular formula is C69H112O6. The first kappa shape index (κ1) is 70.5. The zero-order valence-electron chi connectivity index (χ0n) is 48.5. The highest BCUT2D eigenvalue weighted by atomic mass is 16.6. The van der Waals surface area contributed by atoms with Crippen molar-refractivity contribution in [3.05, 3.63) is 134 Å². The molecule has 424 valence electrons. The molecule has 0 bridgehead atoms. The van der Waals surface area contributed by atoms with Crippen LogP contribution in [-0.2, 0) is 28.6 Å². The topological polar surface area (TPSA) is 78.9 Å². The van der Waals surface area contributed by atoms with Crippen LogP contribution in [0.3, 0.4) is 0 Å². The number of carbonyl (C=O) groups excluding carboxylic acids is 3. The Bertz CT molecular complexity index is 1620. The summed E-state index contributed by atoms with van der Waals surface area (Å²) in [7, 11) is 0. The number of allylic oxidation sites excluding steroid dienone is 22. The van der Waals surface area contributed by atoms with Crippen LogP contribution in [0.25, 0.3) is 0 Å². The van der Waals surface area contributed by atoms with E-state index in [2.05, 4.69) is 154 Å². The van der Waals surface area contributed by atoms with Gasteiger partial charge in [0.25, 0.3) is 0 Å². The van der Waals surface area contributed by atoms with Gasteiger partial charge in [-0.15, -0.1) is 0 Å². The van der Waals surface area contributed by atoms with Gasteiger partial charge in [-0.1, -0.05) is 244 Å². The molecule has 0 aliphatic carbocycles. The lowest BCUT2D eigenvalue weighted by Gasteiger charge is -2.18. The standard InChI is InChI=1S/C69H112O6/c1-4-7-10-13-16-19-22-25-28-31-34-37-40-43-46-49-52-55-58-61-67(70)73-64-66(75-69(72)63-60-57-54-51-48-45-42-39-36-33-30-27-24-21-18-15-12-9-6-3)65-74-68(71)62-59-56-53-50-47-44-41-38-35-32-29-26-23-20-17-14-11-8-5-2/h7,9-10,12,16,18-19,21,25-30,34,36-37,39,43,45-46,48,66H,4-6,8,11,13-15,17,20,22-24,31-33,35,38,40-42,44,47,49-65H2,1-3H3/b10-7-,12-9-,19-16-,21-18-,28-25-,29-26-,30-27-,37-34-,39-36-,46-43-,48-45-/t66-/m0/s1. The summed E-state index contributed by atoms with van der Waals surface area (Å²) in [4.78, 5) is 38.3. The second-order valence-corrected chi connectivity index (χ2v) is 19.8. The quantitative estimate of drug-likeness (QED) is 0.0261. The van der Waals surface area contributed by atoms with Crippen LogP contribution in [0, 0.1) is 0 Å². The van der Waals surface area contributed by atoms with Gasteiger partial charge in [0, 0.05) is 19.3 Å². The highest BCUT2D eigenvalue weighted by molar-refractivity contribution is 5.71. The van der Waals surface area contributed by atoms with E-state index < -0.39 is 6.10 Å². The van der Waals surface area contributed by atoms with Gasteiger partial charge in [0.1, 0.15) is 13.2 Å². The Morgan fingerprint density at radius 2 is 0.520 bits per heavy atom. The predicted molar refractivity (Wildman–Crippen MR) is 325 cm³/mol. The largest absolute Gasteiger partial charge is 0.462 e. The number of carbonyl (C=O) groups is 3. The third-order valence-electron chi connectivity index (χ3n) is 12.6. The summed E-state index contributed by atoms with van der Waals surface area (Å²) in [5.74, 6) is -0.975. The molecule has 0 radical (unpaired) electrons. The SMILES string of the molecule is CC/C=C\C/C=C\C/C=C\C/C=C\C/C=C\CCCCCC(=O)OC[C@@H](COC(=O)CCCCCCCCCCC/C=C\CCCCCCCC)OC(=O)CCCCC/C=C\C/C=C\C/C=C\C/C=C\C/C=C\CC. The van der Waals surface area contributed by atoms with E-state index in [1.165, 1.54) is 89.9 Å². The van der Waals surface area contributed by atoms with Crippen LogP contribution in [0.5, 0.6) is 0 Å². The van der Waals surface area contributed by atoms with E-state index in [4.69, 9.17) is 14.2 Å². The fraction of sp³-hybridized carbons (Fsp3) is 0.638. The van der Waals surface area contributed by atoms with Gasteiger partial charge < -0.3 is 14.2 Å². The van der Waals surface area contributed by atoms with E-state index in [1.54, 1.807) is 0 Å². The average molecular weight is 1040 g/mol. The lowest BCUT2D eigenvalue weighted by Crippen LogP contribution is -2.30. The maximum atomic E-state index is 12.9. The first-order valence-electron chi connectivity index (χ1n) is 30.7. The van der Waals surface area contributed by atoms with Crippen LogP contribution in [-0.4, -0.2) is 37.2 Å². The zero-order valence-corrected chi connectivity index (χ0v) is 48.5. The average Bonchev–Trinajstić information content (AvgIpc) is 3.41. The van der Waals surface area contributed by atoms with Crippen LogP contribution in [0.2, 0.25) is 0 Å². The second kappa shape index (κ2) is 62.1. The van der Waals surface area contributed by atoms with Gasteiger partial charge in [0.15, 0.2) is 6.10 Å². The molecule has 0 saturated heterocycles. The summed E-state index contributed by atoms with van der Waals surface area (Å²) in [6, 6.07) is 0. The Morgan fingerprint density at radius 3 is 0.840 bits per heavy atom. The van der Waals surface area contributed by atoms with Crippen molar-refractivity contribution in [1.82, 2.24) is 0 Å². The van der Waals surface area contributed by atoms with Crippen molar-refractivity contribution in [2.24, 2.45) is 0 Å². The van der Waals surface area contributed by atoms with Gasteiger partial charge in [-0.2, -0.15) is 0 Å². The minimum atomic E-state index is -0.817. The van der Waals surface area contributed by atoms with Gasteiger partial charge in [0.2, 0.25) is 0 Å². The summed E-state index contributed by atoms with van der Waals surface area (Å²) >= 11 is 0. The fourth-order valence-electron chi connectivity index (χ4n) is 8.08. The molecule has 75 heavy (non-hydrogen) atoms. The van der Waals surface area contributed by atoms with Crippen LogP contribution < -0.4 is 0 Å². The molecule has 0 aromatic rings. The monoisotopic (exact) mass is 1040 g/mol. The van der Waals surface area contributed by atoms with E-state index in [0.29, 0.717) is 19.3 Å². The fourth-order valence-corrected chi connectivity index (χ4v) is 8.08. The third-order valence-corrected chi connectivity index (χ3v) is 12.6. The first-order chi connectivity index (χ1) is 37.0. The van der Waals surface area contributed by atoms with Crippen molar-refractivity contribution >= 4 is 17.9 Å². The van der Waals surface area contributed by atoms with Crippen LogP contribution in [0.15, 0.2) is 134 Å². The first-order valence-corrected chi connectivity index (χ1v) is 30.7. The lowest BCUT2D eigenvalue weighted by atomic mass is 10.1. The lowest BCUT2D eigenvalue weighted by molar-refractivity contribution is -0.167. The number of rotatable bonds is 54. The van der Waals surface area contributed by atoms with E-state index >= 15 is 0 Å². The Labute approximate surface area is 462 Å². The Hall–Kier alpha value is -4.45. The molecule has 0 spiro atoms. The van der Waals surface area contributed by atoms with Crippen molar-refractivity contribution in [3.8, 4) is 0 Å². The maximum Gasteiger partial charge on any atom is 0.306 e. The summed E-state index contributed by atoms with van der Waals surface area (Å²) in [6.45, 7) is 6.36. The van der Waals surface area contributed by atoms with Gasteiger partial charge in [-0.05, 0) is 135 Å². The summed E-state index contributed by atoms with van der Waals surface area (Å²) in [5, 5.41) is 0. The van der Waals surface area contributed by atoms with Crippen LogP contribution in [0.1, 0.15) is 265 Å². The van der Waals surface area contributed by atoms with Crippen molar-refractivity contribution in [2.45, 2.75) is 271 Å².